The average molecular weight is 296 g/mol. The summed E-state index contributed by atoms with van der Waals surface area (Å²) in [5.74, 6) is 0. The molecule has 0 aliphatic carbocycles. The molecule has 0 aromatic carbocycles. The van der Waals surface area contributed by atoms with Gasteiger partial charge in [0.15, 0.2) is 0 Å². The van der Waals surface area contributed by atoms with Gasteiger partial charge in [-0.05, 0) is 0 Å². The van der Waals surface area contributed by atoms with Gasteiger partial charge in [-0.1, -0.05) is 27.5 Å². The van der Waals surface area contributed by atoms with E-state index in [4.69, 9.17) is 16.9 Å². The fourth-order valence-corrected chi connectivity index (χ4v) is 2.01. The van der Waals surface area contributed by atoms with E-state index in [1.54, 1.807) is 6.07 Å². The third kappa shape index (κ3) is 2.64. The molecule has 0 N–H and O–H groups in total. The Kier molecular flexibility index (Phi) is 4.43. The van der Waals surface area contributed by atoms with Gasteiger partial charge in [-0.3, -0.25) is 4.98 Å². The Hall–Kier alpha value is -0.730. The van der Waals surface area contributed by atoms with E-state index in [9.17, 15) is 8.78 Å². The quantitative estimate of drug-likeness (QED) is 0.798. The number of pyridine rings is 1. The molecule has 1 aromatic heterocycles. The summed E-state index contributed by atoms with van der Waals surface area (Å²) in [6.07, 6.45) is -1.48. The minimum absolute atomic E-state index is 0.0119. The van der Waals surface area contributed by atoms with E-state index in [-0.39, 0.29) is 22.7 Å². The first kappa shape index (κ1) is 12.3. The van der Waals surface area contributed by atoms with Gasteiger partial charge in [0.1, 0.15) is 0 Å². The highest BCUT2D eigenvalue weighted by molar-refractivity contribution is 9.08. The highest BCUT2D eigenvalue weighted by atomic mass is 79.9. The maximum atomic E-state index is 12.7. The Morgan fingerprint density at radius 3 is 2.73 bits per heavy atom. The van der Waals surface area contributed by atoms with E-state index < -0.39 is 6.43 Å². The van der Waals surface area contributed by atoms with Crippen LogP contribution in [-0.4, -0.2) is 4.98 Å². The maximum absolute atomic E-state index is 12.7. The van der Waals surface area contributed by atoms with E-state index in [0.717, 1.165) is 0 Å². The molecule has 0 aliphatic rings. The fraction of sp³-hybridized carbons (Fsp3) is 0.333. The minimum atomic E-state index is -2.72. The normalized spacial score (nSPS) is 10.4. The maximum Gasteiger partial charge on any atom is 0.267 e. The van der Waals surface area contributed by atoms with Gasteiger partial charge >= 0.3 is 0 Å². The third-order valence-corrected chi connectivity index (χ3v) is 2.86. The molecule has 1 heterocycles. The van der Waals surface area contributed by atoms with E-state index in [2.05, 4.69) is 20.9 Å². The van der Waals surface area contributed by atoms with Crippen LogP contribution in [-0.2, 0) is 11.8 Å². The smallest absolute Gasteiger partial charge is 0.259 e. The number of hydrogen-bond acceptors (Lipinski definition) is 2. The molecule has 0 fully saturated rings. The highest BCUT2D eigenvalue weighted by Gasteiger charge is 2.20. The molecule has 0 saturated carbocycles. The second kappa shape index (κ2) is 5.38. The summed E-state index contributed by atoms with van der Waals surface area (Å²) < 4.78 is 25.4. The van der Waals surface area contributed by atoms with Crippen LogP contribution in [0.5, 0.6) is 0 Å². The molecule has 0 spiro atoms. The second-order valence-electron chi connectivity index (χ2n) is 2.73. The van der Waals surface area contributed by atoms with Crippen molar-refractivity contribution in [2.75, 3.05) is 0 Å². The minimum Gasteiger partial charge on any atom is -0.259 e. The Balaban J connectivity index is 3.32. The van der Waals surface area contributed by atoms with Crippen molar-refractivity contribution in [3.8, 4) is 6.07 Å². The number of nitriles is 1. The van der Waals surface area contributed by atoms with E-state index >= 15 is 0 Å². The molecule has 0 amide bonds. The molecule has 0 unspecified atom stereocenters. The number of nitrogens with zero attached hydrogens (tertiary/aromatic N) is 2. The zero-order valence-corrected chi connectivity index (χ0v) is 9.82. The van der Waals surface area contributed by atoms with Gasteiger partial charge in [0.2, 0.25) is 0 Å². The lowest BCUT2D eigenvalue weighted by molar-refractivity contribution is 0.150. The van der Waals surface area contributed by atoms with Crippen molar-refractivity contribution in [1.29, 1.82) is 5.26 Å². The van der Waals surface area contributed by atoms with Crippen LogP contribution in [0.2, 0.25) is 5.02 Å². The van der Waals surface area contributed by atoms with Crippen LogP contribution in [0.3, 0.4) is 0 Å². The number of rotatable bonds is 3. The van der Waals surface area contributed by atoms with Gasteiger partial charge in [-0.15, -0.1) is 0 Å². The van der Waals surface area contributed by atoms with Crippen LogP contribution < -0.4 is 0 Å². The van der Waals surface area contributed by atoms with Crippen molar-refractivity contribution >= 4 is 27.5 Å². The van der Waals surface area contributed by atoms with Gasteiger partial charge < -0.3 is 0 Å². The Bertz CT molecular complexity index is 404. The van der Waals surface area contributed by atoms with Gasteiger partial charge in [0, 0.05) is 17.1 Å². The van der Waals surface area contributed by atoms with Crippen molar-refractivity contribution < 1.29 is 8.78 Å². The van der Waals surface area contributed by atoms with Crippen molar-refractivity contribution in [3.63, 3.8) is 0 Å². The molecule has 2 nitrogen and oxygen atoms in total. The zero-order chi connectivity index (χ0) is 11.4. The van der Waals surface area contributed by atoms with Crippen LogP contribution in [0, 0.1) is 11.3 Å². The molecule has 0 saturated heterocycles. The molecule has 0 radical (unpaired) electrons. The van der Waals surface area contributed by atoms with Crippen molar-refractivity contribution in [2.24, 2.45) is 0 Å². The molecule has 0 atom stereocenters. The monoisotopic (exact) mass is 294 g/mol. The summed E-state index contributed by atoms with van der Waals surface area (Å²) in [7, 11) is 0. The first-order valence-corrected chi connectivity index (χ1v) is 5.49. The molecule has 1 aromatic rings. The van der Waals surface area contributed by atoms with Crippen molar-refractivity contribution in [1.82, 2.24) is 4.98 Å². The summed E-state index contributed by atoms with van der Waals surface area (Å²) >= 11 is 8.91. The predicted molar refractivity (Wildman–Crippen MR) is 56.2 cm³/mol. The molecular weight excluding hydrogens is 289 g/mol. The summed E-state index contributed by atoms with van der Waals surface area (Å²) in [6, 6.07) is 1.78. The van der Waals surface area contributed by atoms with Gasteiger partial charge in [-0.25, -0.2) is 8.78 Å². The van der Waals surface area contributed by atoms with Crippen LogP contribution in [0.1, 0.15) is 23.2 Å². The third-order valence-electron chi connectivity index (χ3n) is 1.81. The summed E-state index contributed by atoms with van der Waals surface area (Å²) in [4.78, 5) is 3.80. The largest absolute Gasteiger partial charge is 0.267 e. The summed E-state index contributed by atoms with van der Waals surface area (Å²) in [5, 5.41) is 8.80. The Labute approximate surface area is 99.0 Å². The van der Waals surface area contributed by atoms with Crippen molar-refractivity contribution in [2.45, 2.75) is 18.2 Å². The van der Waals surface area contributed by atoms with Crippen LogP contribution >= 0.6 is 27.5 Å². The molecule has 80 valence electrons. The van der Waals surface area contributed by atoms with E-state index in [0.29, 0.717) is 10.9 Å². The van der Waals surface area contributed by atoms with Gasteiger partial charge in [-0.2, -0.15) is 5.26 Å². The molecule has 6 heteroatoms. The van der Waals surface area contributed by atoms with Crippen LogP contribution in [0.25, 0.3) is 0 Å². The van der Waals surface area contributed by atoms with Crippen LogP contribution in [0.4, 0.5) is 8.78 Å². The van der Waals surface area contributed by atoms with Gasteiger partial charge in [0.05, 0.1) is 28.8 Å². The lowest BCUT2D eigenvalue weighted by Gasteiger charge is -2.10. The van der Waals surface area contributed by atoms with E-state index in [1.165, 1.54) is 6.20 Å². The molecule has 1 rings (SSSR count). The first-order valence-electron chi connectivity index (χ1n) is 3.99. The van der Waals surface area contributed by atoms with E-state index in [1.807, 2.05) is 0 Å². The Morgan fingerprint density at radius 1 is 1.60 bits per heavy atom. The SMILES string of the molecule is N#CCc1ncc(CBr)c(Cl)c1C(F)F. The lowest BCUT2D eigenvalue weighted by Crippen LogP contribution is -2.01. The molecule has 0 bridgehead atoms. The van der Waals surface area contributed by atoms with Crippen molar-refractivity contribution in [3.05, 3.63) is 28.0 Å². The first-order chi connectivity index (χ1) is 7.11. The van der Waals surface area contributed by atoms with Crippen LogP contribution in [0.15, 0.2) is 6.20 Å². The molecule has 0 aliphatic heterocycles. The standard InChI is InChI=1S/C9H6BrClF2N2/c10-3-5-4-15-6(1-2-14)7(8(5)11)9(12)13/h4,9H,1,3H2. The fourth-order valence-electron chi connectivity index (χ4n) is 1.11. The number of hydrogen-bond donors (Lipinski definition) is 0. The number of aromatic nitrogens is 1. The highest BCUT2D eigenvalue weighted by Crippen LogP contribution is 2.32. The average Bonchev–Trinajstić information content (AvgIpc) is 2.18. The van der Waals surface area contributed by atoms with Gasteiger partial charge in [0.25, 0.3) is 6.43 Å². The molecular formula is C9H6BrClF2N2. The topological polar surface area (TPSA) is 36.7 Å². The predicted octanol–water partition coefficient (Wildman–Crippen LogP) is 3.63. The summed E-state index contributed by atoms with van der Waals surface area (Å²) in [6.45, 7) is 0. The Morgan fingerprint density at radius 2 is 2.27 bits per heavy atom. The number of alkyl halides is 3. The second-order valence-corrected chi connectivity index (χ2v) is 3.67. The number of halogens is 4. The summed E-state index contributed by atoms with van der Waals surface area (Å²) in [5.41, 5.74) is 0.200. The zero-order valence-electron chi connectivity index (χ0n) is 7.48. The molecule has 15 heavy (non-hydrogen) atoms. The lowest BCUT2D eigenvalue weighted by atomic mass is 10.1.